The molecule has 2 rings (SSSR count). The summed E-state index contributed by atoms with van der Waals surface area (Å²) in [6.07, 6.45) is 3.53. The number of halogens is 1. The van der Waals surface area contributed by atoms with Gasteiger partial charge in [-0.25, -0.2) is 0 Å². The molecule has 15 heavy (non-hydrogen) atoms. The molecule has 0 bridgehead atoms. The van der Waals surface area contributed by atoms with Crippen LogP contribution in [0.3, 0.4) is 0 Å². The topological polar surface area (TPSA) is 3.24 Å². The second-order valence-electron chi connectivity index (χ2n) is 4.00. The zero-order valence-electron chi connectivity index (χ0n) is 8.99. The van der Waals surface area contributed by atoms with Gasteiger partial charge < -0.3 is 0 Å². The van der Waals surface area contributed by atoms with Crippen molar-refractivity contribution >= 4 is 22.6 Å². The van der Waals surface area contributed by atoms with E-state index in [2.05, 4.69) is 70.8 Å². The van der Waals surface area contributed by atoms with E-state index in [1.54, 1.807) is 0 Å². The Morgan fingerprint density at radius 3 is 2.67 bits per heavy atom. The lowest BCUT2D eigenvalue weighted by atomic mass is 10.1. The van der Waals surface area contributed by atoms with E-state index in [0.717, 1.165) is 6.54 Å². The molecule has 0 spiro atoms. The van der Waals surface area contributed by atoms with Crippen LogP contribution in [-0.4, -0.2) is 18.0 Å². The highest BCUT2D eigenvalue weighted by Gasteiger charge is 2.17. The molecule has 0 saturated heterocycles. The molecule has 0 saturated carbocycles. The number of nitrogens with zero attached hydrogens (tertiary/aromatic N) is 1. The normalized spacial score (nSPS) is 19.7. The maximum Gasteiger partial charge on any atom is 0.0323 e. The van der Waals surface area contributed by atoms with Gasteiger partial charge in [0, 0.05) is 22.7 Å². The Bertz CT molecular complexity index is 345. The van der Waals surface area contributed by atoms with Crippen molar-refractivity contribution in [1.29, 1.82) is 0 Å². The van der Waals surface area contributed by atoms with Crippen LogP contribution < -0.4 is 0 Å². The Morgan fingerprint density at radius 2 is 2.00 bits per heavy atom. The summed E-state index contributed by atoms with van der Waals surface area (Å²) in [5.41, 5.74) is 1.42. The van der Waals surface area contributed by atoms with Crippen molar-refractivity contribution in [3.8, 4) is 0 Å². The Labute approximate surface area is 105 Å². The number of benzene rings is 1. The van der Waals surface area contributed by atoms with E-state index in [4.69, 9.17) is 0 Å². The third-order valence-corrected chi connectivity index (χ3v) is 3.75. The van der Waals surface area contributed by atoms with Crippen LogP contribution in [0.15, 0.2) is 40.0 Å². The predicted molar refractivity (Wildman–Crippen MR) is 73.2 cm³/mol. The molecule has 0 aliphatic carbocycles. The minimum absolute atomic E-state index is 0.532. The summed E-state index contributed by atoms with van der Waals surface area (Å²) in [5.74, 6) is 0. The van der Waals surface area contributed by atoms with Gasteiger partial charge in [-0.1, -0.05) is 36.4 Å². The molecule has 2 heteroatoms. The fraction of sp³-hybridized carbons (Fsp3) is 0.385. The Morgan fingerprint density at radius 1 is 1.27 bits per heavy atom. The van der Waals surface area contributed by atoms with Gasteiger partial charge in [-0.2, -0.15) is 0 Å². The predicted octanol–water partition coefficient (Wildman–Crippen LogP) is 3.77. The van der Waals surface area contributed by atoms with Crippen LogP contribution >= 0.6 is 22.6 Å². The lowest BCUT2D eigenvalue weighted by Gasteiger charge is -2.31. The molecular formula is C13H16IN. The Kier molecular flexibility index (Phi) is 3.81. The highest BCUT2D eigenvalue weighted by Crippen LogP contribution is 2.25. The van der Waals surface area contributed by atoms with Crippen LogP contribution in [-0.2, 0) is 0 Å². The molecule has 1 heterocycles. The molecule has 0 fully saturated rings. The van der Waals surface area contributed by atoms with Crippen LogP contribution in [0.5, 0.6) is 0 Å². The van der Waals surface area contributed by atoms with Gasteiger partial charge in [0.05, 0.1) is 0 Å². The van der Waals surface area contributed by atoms with Crippen LogP contribution in [0.1, 0.15) is 24.9 Å². The first-order valence-electron chi connectivity index (χ1n) is 5.41. The van der Waals surface area contributed by atoms with Gasteiger partial charge in [0.15, 0.2) is 0 Å². The molecule has 1 aromatic rings. The first-order chi connectivity index (χ1) is 7.27. The monoisotopic (exact) mass is 313 g/mol. The van der Waals surface area contributed by atoms with E-state index in [1.807, 2.05) is 0 Å². The summed E-state index contributed by atoms with van der Waals surface area (Å²) in [4.78, 5) is 2.54. The number of rotatable bonds is 2. The fourth-order valence-electron chi connectivity index (χ4n) is 2.00. The summed E-state index contributed by atoms with van der Waals surface area (Å²) >= 11 is 2.44. The fourth-order valence-corrected chi connectivity index (χ4v) is 2.75. The van der Waals surface area contributed by atoms with Crippen molar-refractivity contribution in [2.75, 3.05) is 13.1 Å². The molecule has 1 aliphatic heterocycles. The summed E-state index contributed by atoms with van der Waals surface area (Å²) in [6.45, 7) is 4.59. The smallest absolute Gasteiger partial charge is 0.0323 e. The quantitative estimate of drug-likeness (QED) is 0.751. The standard InChI is InChI=1S/C13H16IN/c1-11(12-6-3-2-4-7-12)15-9-5-8-13(14)10-15/h2-4,6-8,11H,5,9-10H2,1H3. The van der Waals surface area contributed by atoms with Crippen LogP contribution in [0.2, 0.25) is 0 Å². The van der Waals surface area contributed by atoms with Crippen molar-refractivity contribution in [3.63, 3.8) is 0 Å². The maximum atomic E-state index is 2.54. The van der Waals surface area contributed by atoms with E-state index >= 15 is 0 Å². The van der Waals surface area contributed by atoms with Gasteiger partial charge in [0.25, 0.3) is 0 Å². The van der Waals surface area contributed by atoms with Gasteiger partial charge in [0.2, 0.25) is 0 Å². The Hall–Kier alpha value is -0.350. The maximum absolute atomic E-state index is 2.54. The zero-order valence-corrected chi connectivity index (χ0v) is 11.1. The molecule has 0 N–H and O–H groups in total. The SMILES string of the molecule is CC(c1ccccc1)N1CCC=C(I)C1. The minimum atomic E-state index is 0.532. The molecule has 1 aromatic carbocycles. The summed E-state index contributed by atoms with van der Waals surface area (Å²) in [5, 5.41) is 0. The van der Waals surface area contributed by atoms with Crippen molar-refractivity contribution in [3.05, 3.63) is 45.6 Å². The molecule has 1 aliphatic rings. The average Bonchev–Trinajstić information content (AvgIpc) is 2.29. The first-order valence-corrected chi connectivity index (χ1v) is 6.49. The first kappa shape index (κ1) is 11.1. The molecule has 80 valence electrons. The van der Waals surface area contributed by atoms with Crippen LogP contribution in [0.4, 0.5) is 0 Å². The Balaban J connectivity index is 2.09. The van der Waals surface area contributed by atoms with E-state index in [9.17, 15) is 0 Å². The van der Waals surface area contributed by atoms with Crippen molar-refractivity contribution in [2.45, 2.75) is 19.4 Å². The van der Waals surface area contributed by atoms with Gasteiger partial charge in [-0.05, 0) is 41.5 Å². The van der Waals surface area contributed by atoms with Crippen molar-refractivity contribution < 1.29 is 0 Å². The summed E-state index contributed by atoms with van der Waals surface area (Å²) in [7, 11) is 0. The van der Waals surface area contributed by atoms with E-state index in [-0.39, 0.29) is 0 Å². The molecule has 0 aromatic heterocycles. The summed E-state index contributed by atoms with van der Waals surface area (Å²) in [6, 6.07) is 11.3. The molecule has 1 nitrogen and oxygen atoms in total. The van der Waals surface area contributed by atoms with Crippen LogP contribution in [0.25, 0.3) is 0 Å². The molecular weight excluding hydrogens is 297 g/mol. The van der Waals surface area contributed by atoms with Gasteiger partial charge >= 0.3 is 0 Å². The minimum Gasteiger partial charge on any atom is -0.292 e. The largest absolute Gasteiger partial charge is 0.292 e. The average molecular weight is 313 g/mol. The summed E-state index contributed by atoms with van der Waals surface area (Å²) < 4.78 is 1.47. The van der Waals surface area contributed by atoms with Crippen molar-refractivity contribution in [1.82, 2.24) is 4.90 Å². The van der Waals surface area contributed by atoms with Crippen LogP contribution in [0, 0.1) is 0 Å². The van der Waals surface area contributed by atoms with E-state index < -0.39 is 0 Å². The lowest BCUT2D eigenvalue weighted by molar-refractivity contribution is 0.230. The highest BCUT2D eigenvalue weighted by molar-refractivity contribution is 14.1. The lowest BCUT2D eigenvalue weighted by Crippen LogP contribution is -2.31. The second-order valence-corrected chi connectivity index (χ2v) is 5.38. The van der Waals surface area contributed by atoms with Gasteiger partial charge in [0.1, 0.15) is 0 Å². The second kappa shape index (κ2) is 5.12. The third-order valence-electron chi connectivity index (χ3n) is 2.97. The van der Waals surface area contributed by atoms with E-state index in [1.165, 1.54) is 22.1 Å². The number of hydrogen-bond acceptors (Lipinski definition) is 1. The van der Waals surface area contributed by atoms with Gasteiger partial charge in [-0.3, -0.25) is 4.90 Å². The molecule has 1 atom stereocenters. The third kappa shape index (κ3) is 2.82. The number of hydrogen-bond donors (Lipinski definition) is 0. The molecule has 0 amide bonds. The molecule has 1 unspecified atom stereocenters. The van der Waals surface area contributed by atoms with E-state index in [0.29, 0.717) is 6.04 Å². The zero-order chi connectivity index (χ0) is 10.7. The van der Waals surface area contributed by atoms with Gasteiger partial charge in [-0.15, -0.1) is 0 Å². The highest BCUT2D eigenvalue weighted by atomic mass is 127. The molecule has 0 radical (unpaired) electrons. The van der Waals surface area contributed by atoms with Crippen molar-refractivity contribution in [2.24, 2.45) is 0 Å².